The van der Waals surface area contributed by atoms with Crippen LogP contribution < -0.4 is 10.6 Å². The molecule has 5 heteroatoms. The van der Waals surface area contributed by atoms with Crippen molar-refractivity contribution in [1.29, 1.82) is 0 Å². The summed E-state index contributed by atoms with van der Waals surface area (Å²) in [5.41, 5.74) is 7.79. The Balaban J connectivity index is 2.23. The zero-order valence-corrected chi connectivity index (χ0v) is 11.4. The molecule has 0 bridgehead atoms. The number of hydrogen-bond donors (Lipinski definition) is 1. The maximum atomic E-state index is 13.8. The summed E-state index contributed by atoms with van der Waals surface area (Å²) in [6.07, 6.45) is 1.44. The van der Waals surface area contributed by atoms with E-state index < -0.39 is 5.82 Å². The zero-order chi connectivity index (χ0) is 13.8. The number of hydrogen-bond acceptors (Lipinski definition) is 3. The minimum Gasteiger partial charge on any atom is -0.353 e. The second-order valence-electron chi connectivity index (χ2n) is 4.29. The van der Waals surface area contributed by atoms with Crippen LogP contribution in [0.15, 0.2) is 36.5 Å². The third kappa shape index (κ3) is 3.22. The number of halogens is 2. The lowest BCUT2D eigenvalue weighted by molar-refractivity contribution is 0.614. The molecule has 1 aromatic heterocycles. The smallest absolute Gasteiger partial charge is 0.167 e. The SMILES string of the molecule is CN(Cc1ccccc1CN)c1ncc(Cl)cc1F. The Hall–Kier alpha value is -1.65. The van der Waals surface area contributed by atoms with Gasteiger partial charge >= 0.3 is 0 Å². The van der Waals surface area contributed by atoms with Crippen molar-refractivity contribution in [3.8, 4) is 0 Å². The summed E-state index contributed by atoms with van der Waals surface area (Å²) in [5, 5.41) is 0.289. The van der Waals surface area contributed by atoms with Crippen LogP contribution in [0.2, 0.25) is 5.02 Å². The predicted molar refractivity (Wildman–Crippen MR) is 75.6 cm³/mol. The van der Waals surface area contributed by atoms with Crippen molar-refractivity contribution in [2.75, 3.05) is 11.9 Å². The van der Waals surface area contributed by atoms with Crippen molar-refractivity contribution < 1.29 is 4.39 Å². The van der Waals surface area contributed by atoms with E-state index >= 15 is 0 Å². The summed E-state index contributed by atoms with van der Waals surface area (Å²) in [5.74, 6) is -0.156. The Morgan fingerprint density at radius 3 is 2.63 bits per heavy atom. The maximum absolute atomic E-state index is 13.8. The molecule has 0 aliphatic heterocycles. The number of pyridine rings is 1. The summed E-state index contributed by atoms with van der Waals surface area (Å²) in [6, 6.07) is 9.08. The second-order valence-corrected chi connectivity index (χ2v) is 4.72. The monoisotopic (exact) mass is 279 g/mol. The van der Waals surface area contributed by atoms with E-state index in [0.717, 1.165) is 11.1 Å². The normalized spacial score (nSPS) is 10.5. The van der Waals surface area contributed by atoms with Gasteiger partial charge in [-0.25, -0.2) is 9.37 Å². The number of anilines is 1. The van der Waals surface area contributed by atoms with Crippen LogP contribution in [0, 0.1) is 5.82 Å². The summed E-state index contributed by atoms with van der Waals surface area (Å²) >= 11 is 5.69. The predicted octanol–water partition coefficient (Wildman–Crippen LogP) is 2.97. The highest BCUT2D eigenvalue weighted by atomic mass is 35.5. The van der Waals surface area contributed by atoms with Gasteiger partial charge in [-0.2, -0.15) is 0 Å². The third-order valence-electron chi connectivity index (χ3n) is 2.90. The van der Waals surface area contributed by atoms with Gasteiger partial charge in [-0.15, -0.1) is 0 Å². The van der Waals surface area contributed by atoms with Gasteiger partial charge in [0, 0.05) is 26.3 Å². The largest absolute Gasteiger partial charge is 0.353 e. The van der Waals surface area contributed by atoms with Crippen LogP contribution >= 0.6 is 11.6 Å². The van der Waals surface area contributed by atoms with Gasteiger partial charge in [0.1, 0.15) is 0 Å². The maximum Gasteiger partial charge on any atom is 0.167 e. The number of nitrogens with zero attached hydrogens (tertiary/aromatic N) is 2. The van der Waals surface area contributed by atoms with Gasteiger partial charge in [0.2, 0.25) is 0 Å². The van der Waals surface area contributed by atoms with Gasteiger partial charge < -0.3 is 10.6 Å². The number of aromatic nitrogens is 1. The molecule has 1 aromatic carbocycles. The Bertz CT molecular complexity index is 574. The molecular formula is C14H15ClFN3. The lowest BCUT2D eigenvalue weighted by atomic mass is 10.1. The number of benzene rings is 1. The van der Waals surface area contributed by atoms with Crippen LogP contribution in [0.1, 0.15) is 11.1 Å². The Kier molecular flexibility index (Phi) is 4.35. The van der Waals surface area contributed by atoms with E-state index in [1.807, 2.05) is 24.3 Å². The summed E-state index contributed by atoms with van der Waals surface area (Å²) in [7, 11) is 1.78. The van der Waals surface area contributed by atoms with Crippen LogP contribution in [-0.2, 0) is 13.1 Å². The Labute approximate surface area is 116 Å². The first-order valence-corrected chi connectivity index (χ1v) is 6.28. The average Bonchev–Trinajstić information content (AvgIpc) is 2.39. The molecule has 2 N–H and O–H groups in total. The highest BCUT2D eigenvalue weighted by Gasteiger charge is 2.11. The molecule has 0 unspecified atom stereocenters. The van der Waals surface area contributed by atoms with E-state index in [-0.39, 0.29) is 10.8 Å². The highest BCUT2D eigenvalue weighted by molar-refractivity contribution is 6.30. The van der Waals surface area contributed by atoms with E-state index in [1.165, 1.54) is 12.3 Å². The van der Waals surface area contributed by atoms with Crippen LogP contribution in [0.4, 0.5) is 10.2 Å². The van der Waals surface area contributed by atoms with Crippen LogP contribution in [0.3, 0.4) is 0 Å². The van der Waals surface area contributed by atoms with E-state index in [4.69, 9.17) is 17.3 Å². The van der Waals surface area contributed by atoms with Crippen LogP contribution in [-0.4, -0.2) is 12.0 Å². The molecule has 19 heavy (non-hydrogen) atoms. The molecule has 0 fully saturated rings. The lowest BCUT2D eigenvalue weighted by Gasteiger charge is -2.20. The fraction of sp³-hybridized carbons (Fsp3) is 0.214. The van der Waals surface area contributed by atoms with E-state index in [9.17, 15) is 4.39 Å². The summed E-state index contributed by atoms with van der Waals surface area (Å²) in [6.45, 7) is 0.999. The molecule has 0 saturated carbocycles. The molecule has 2 aromatic rings. The van der Waals surface area contributed by atoms with Crippen molar-refractivity contribution >= 4 is 17.4 Å². The summed E-state index contributed by atoms with van der Waals surface area (Å²) < 4.78 is 13.8. The first-order chi connectivity index (χ1) is 9.11. The third-order valence-corrected chi connectivity index (χ3v) is 3.10. The molecule has 0 spiro atoms. The van der Waals surface area contributed by atoms with Gasteiger partial charge in [-0.05, 0) is 17.2 Å². The van der Waals surface area contributed by atoms with E-state index in [2.05, 4.69) is 4.98 Å². The molecule has 0 atom stereocenters. The fourth-order valence-corrected chi connectivity index (χ4v) is 2.07. The minimum atomic E-state index is -0.430. The molecule has 100 valence electrons. The van der Waals surface area contributed by atoms with E-state index in [0.29, 0.717) is 13.1 Å². The zero-order valence-electron chi connectivity index (χ0n) is 10.6. The first-order valence-electron chi connectivity index (χ1n) is 5.91. The standard InChI is InChI=1S/C14H15ClFN3/c1-19(14-13(16)6-12(15)8-18-14)9-11-5-3-2-4-10(11)7-17/h2-6,8H,7,9,17H2,1H3. The molecule has 1 heterocycles. The van der Waals surface area contributed by atoms with Gasteiger partial charge in [-0.1, -0.05) is 35.9 Å². The molecule has 2 rings (SSSR count). The quantitative estimate of drug-likeness (QED) is 0.936. The van der Waals surface area contributed by atoms with Crippen molar-refractivity contribution in [2.45, 2.75) is 13.1 Å². The molecule has 0 aliphatic carbocycles. The molecule has 0 aliphatic rings. The first kappa shape index (κ1) is 13.8. The Morgan fingerprint density at radius 1 is 1.32 bits per heavy atom. The van der Waals surface area contributed by atoms with Crippen molar-refractivity contribution in [3.63, 3.8) is 0 Å². The number of rotatable bonds is 4. The Morgan fingerprint density at radius 2 is 2.00 bits per heavy atom. The lowest BCUT2D eigenvalue weighted by Crippen LogP contribution is -2.20. The van der Waals surface area contributed by atoms with E-state index in [1.54, 1.807) is 11.9 Å². The van der Waals surface area contributed by atoms with Gasteiger partial charge in [0.15, 0.2) is 11.6 Å². The highest BCUT2D eigenvalue weighted by Crippen LogP contribution is 2.21. The second kappa shape index (κ2) is 5.99. The molecule has 0 amide bonds. The summed E-state index contributed by atoms with van der Waals surface area (Å²) in [4.78, 5) is 5.75. The van der Waals surface area contributed by atoms with Crippen LogP contribution in [0.5, 0.6) is 0 Å². The molecule has 3 nitrogen and oxygen atoms in total. The average molecular weight is 280 g/mol. The minimum absolute atomic E-state index is 0.274. The van der Waals surface area contributed by atoms with Crippen molar-refractivity contribution in [1.82, 2.24) is 4.98 Å². The fourth-order valence-electron chi connectivity index (χ4n) is 1.93. The van der Waals surface area contributed by atoms with Crippen molar-refractivity contribution in [2.24, 2.45) is 5.73 Å². The topological polar surface area (TPSA) is 42.1 Å². The van der Waals surface area contributed by atoms with Gasteiger partial charge in [-0.3, -0.25) is 0 Å². The van der Waals surface area contributed by atoms with Gasteiger partial charge in [0.25, 0.3) is 0 Å². The van der Waals surface area contributed by atoms with Crippen molar-refractivity contribution in [3.05, 3.63) is 58.5 Å². The van der Waals surface area contributed by atoms with Crippen LogP contribution in [0.25, 0.3) is 0 Å². The number of nitrogens with two attached hydrogens (primary N) is 1. The molecule has 0 radical (unpaired) electrons. The molecular weight excluding hydrogens is 265 g/mol. The molecule has 0 saturated heterocycles. The van der Waals surface area contributed by atoms with Gasteiger partial charge in [0.05, 0.1) is 5.02 Å².